The van der Waals surface area contributed by atoms with Crippen LogP contribution >= 0.6 is 23.2 Å². The summed E-state index contributed by atoms with van der Waals surface area (Å²) < 4.78 is 0. The van der Waals surface area contributed by atoms with Crippen LogP contribution < -0.4 is 5.32 Å². The summed E-state index contributed by atoms with van der Waals surface area (Å²) in [4.78, 5) is 11.9. The van der Waals surface area contributed by atoms with Crippen molar-refractivity contribution in [3.8, 4) is 0 Å². The third kappa shape index (κ3) is 3.89. The topological polar surface area (TPSA) is 29.1 Å². The van der Waals surface area contributed by atoms with Gasteiger partial charge in [0.1, 0.15) is 0 Å². The van der Waals surface area contributed by atoms with Gasteiger partial charge in [0.2, 0.25) is 5.91 Å². The van der Waals surface area contributed by atoms with Gasteiger partial charge in [0.25, 0.3) is 0 Å². The molecular formula is C14H17Cl2NO. The Morgan fingerprint density at radius 3 is 2.56 bits per heavy atom. The van der Waals surface area contributed by atoms with Crippen LogP contribution in [0.1, 0.15) is 37.7 Å². The van der Waals surface area contributed by atoms with Gasteiger partial charge in [-0.25, -0.2) is 0 Å². The minimum absolute atomic E-state index is 0.0697. The molecule has 1 aliphatic carbocycles. The Kier molecular flexibility index (Phi) is 4.90. The maximum atomic E-state index is 11.9. The molecule has 0 atom stereocenters. The largest absolute Gasteiger partial charge is 0.353 e. The first kappa shape index (κ1) is 13.7. The highest BCUT2D eigenvalue weighted by Gasteiger charge is 2.15. The zero-order valence-electron chi connectivity index (χ0n) is 10.2. The molecule has 0 aromatic heterocycles. The van der Waals surface area contributed by atoms with Gasteiger partial charge in [-0.05, 0) is 30.5 Å². The SMILES string of the molecule is O=C(Cc1ccc(Cl)c(Cl)c1)NC1CCCCC1. The van der Waals surface area contributed by atoms with Crippen LogP contribution in [0.2, 0.25) is 10.0 Å². The molecule has 1 aromatic carbocycles. The summed E-state index contributed by atoms with van der Waals surface area (Å²) >= 11 is 11.8. The van der Waals surface area contributed by atoms with Crippen molar-refractivity contribution in [2.45, 2.75) is 44.6 Å². The summed E-state index contributed by atoms with van der Waals surface area (Å²) in [6.07, 6.45) is 6.31. The zero-order chi connectivity index (χ0) is 13.0. The van der Waals surface area contributed by atoms with Gasteiger partial charge in [-0.1, -0.05) is 48.5 Å². The Balaban J connectivity index is 1.88. The standard InChI is InChI=1S/C14H17Cl2NO/c15-12-7-6-10(8-13(12)16)9-14(18)17-11-4-2-1-3-5-11/h6-8,11H,1-5,9H2,(H,17,18). The molecular weight excluding hydrogens is 269 g/mol. The molecule has 0 radical (unpaired) electrons. The average Bonchev–Trinajstić information content (AvgIpc) is 2.35. The number of carbonyl (C=O) groups excluding carboxylic acids is 1. The summed E-state index contributed by atoms with van der Waals surface area (Å²) in [7, 11) is 0. The van der Waals surface area contributed by atoms with Crippen LogP contribution in [0.4, 0.5) is 0 Å². The van der Waals surface area contributed by atoms with Crippen molar-refractivity contribution in [2.24, 2.45) is 0 Å². The van der Waals surface area contributed by atoms with Crippen molar-refractivity contribution < 1.29 is 4.79 Å². The molecule has 1 N–H and O–H groups in total. The molecule has 0 spiro atoms. The molecule has 98 valence electrons. The summed E-state index contributed by atoms with van der Waals surface area (Å²) in [5.41, 5.74) is 0.901. The van der Waals surface area contributed by atoms with E-state index in [-0.39, 0.29) is 5.91 Å². The number of rotatable bonds is 3. The van der Waals surface area contributed by atoms with Gasteiger partial charge in [-0.2, -0.15) is 0 Å². The molecule has 0 unspecified atom stereocenters. The molecule has 2 rings (SSSR count). The molecule has 18 heavy (non-hydrogen) atoms. The van der Waals surface area contributed by atoms with E-state index in [1.54, 1.807) is 12.1 Å². The van der Waals surface area contributed by atoms with Gasteiger partial charge >= 0.3 is 0 Å². The molecule has 1 fully saturated rings. The van der Waals surface area contributed by atoms with E-state index >= 15 is 0 Å². The number of amides is 1. The Morgan fingerprint density at radius 2 is 1.89 bits per heavy atom. The molecule has 1 amide bonds. The Morgan fingerprint density at radius 1 is 1.17 bits per heavy atom. The highest BCUT2D eigenvalue weighted by molar-refractivity contribution is 6.42. The normalized spacial score (nSPS) is 16.6. The molecule has 0 bridgehead atoms. The lowest BCUT2D eigenvalue weighted by molar-refractivity contribution is -0.121. The first-order valence-electron chi connectivity index (χ1n) is 6.38. The quantitative estimate of drug-likeness (QED) is 0.894. The molecule has 0 heterocycles. The molecule has 4 heteroatoms. The third-order valence-electron chi connectivity index (χ3n) is 3.32. The second-order valence-corrected chi connectivity index (χ2v) is 5.64. The molecule has 1 saturated carbocycles. The first-order valence-corrected chi connectivity index (χ1v) is 7.14. The minimum atomic E-state index is 0.0697. The number of carbonyl (C=O) groups is 1. The predicted molar refractivity (Wildman–Crippen MR) is 75.2 cm³/mol. The first-order chi connectivity index (χ1) is 8.65. The maximum absolute atomic E-state index is 11.9. The van der Waals surface area contributed by atoms with E-state index in [9.17, 15) is 4.79 Å². The van der Waals surface area contributed by atoms with Gasteiger partial charge in [-0.15, -0.1) is 0 Å². The third-order valence-corrected chi connectivity index (χ3v) is 4.06. The van der Waals surface area contributed by atoms with Crippen molar-refractivity contribution in [3.05, 3.63) is 33.8 Å². The Labute approximate surface area is 118 Å². The van der Waals surface area contributed by atoms with Gasteiger partial charge in [0.15, 0.2) is 0 Å². The zero-order valence-corrected chi connectivity index (χ0v) is 11.7. The molecule has 1 aromatic rings. The lowest BCUT2D eigenvalue weighted by atomic mass is 9.95. The molecule has 1 aliphatic rings. The van der Waals surface area contributed by atoms with E-state index in [1.807, 2.05) is 6.07 Å². The molecule has 0 saturated heterocycles. The van der Waals surface area contributed by atoms with E-state index in [1.165, 1.54) is 19.3 Å². The van der Waals surface area contributed by atoms with Crippen LogP contribution in [-0.2, 0) is 11.2 Å². The fourth-order valence-electron chi connectivity index (χ4n) is 2.36. The van der Waals surface area contributed by atoms with Gasteiger partial charge in [0, 0.05) is 6.04 Å². The van der Waals surface area contributed by atoms with Crippen molar-refractivity contribution in [3.63, 3.8) is 0 Å². The van der Waals surface area contributed by atoms with E-state index < -0.39 is 0 Å². The highest BCUT2D eigenvalue weighted by atomic mass is 35.5. The maximum Gasteiger partial charge on any atom is 0.224 e. The number of nitrogens with one attached hydrogen (secondary N) is 1. The Hall–Kier alpha value is -0.730. The second-order valence-electron chi connectivity index (χ2n) is 4.83. The van der Waals surface area contributed by atoms with Crippen molar-refractivity contribution in [1.29, 1.82) is 0 Å². The summed E-state index contributed by atoms with van der Waals surface area (Å²) in [5, 5.41) is 4.11. The average molecular weight is 286 g/mol. The van der Waals surface area contributed by atoms with Crippen molar-refractivity contribution >= 4 is 29.1 Å². The fourth-order valence-corrected chi connectivity index (χ4v) is 2.68. The summed E-state index contributed by atoms with van der Waals surface area (Å²) in [5.74, 6) is 0.0697. The van der Waals surface area contributed by atoms with Crippen molar-refractivity contribution in [2.75, 3.05) is 0 Å². The fraction of sp³-hybridized carbons (Fsp3) is 0.500. The lowest BCUT2D eigenvalue weighted by Gasteiger charge is -2.22. The number of halogens is 2. The Bertz CT molecular complexity index is 428. The minimum Gasteiger partial charge on any atom is -0.353 e. The molecule has 2 nitrogen and oxygen atoms in total. The van der Waals surface area contributed by atoms with E-state index in [2.05, 4.69) is 5.32 Å². The van der Waals surface area contributed by atoms with E-state index in [0.717, 1.165) is 18.4 Å². The smallest absolute Gasteiger partial charge is 0.224 e. The number of hydrogen-bond acceptors (Lipinski definition) is 1. The number of benzene rings is 1. The van der Waals surface area contributed by atoms with Gasteiger partial charge < -0.3 is 5.32 Å². The van der Waals surface area contributed by atoms with Gasteiger partial charge in [-0.3, -0.25) is 4.79 Å². The predicted octanol–water partition coefficient (Wildman–Crippen LogP) is 3.98. The van der Waals surface area contributed by atoms with Gasteiger partial charge in [0.05, 0.1) is 16.5 Å². The number of hydrogen-bond donors (Lipinski definition) is 1. The molecule has 0 aliphatic heterocycles. The van der Waals surface area contributed by atoms with Crippen LogP contribution in [0.3, 0.4) is 0 Å². The van der Waals surface area contributed by atoms with Crippen LogP contribution in [0, 0.1) is 0 Å². The van der Waals surface area contributed by atoms with Crippen molar-refractivity contribution in [1.82, 2.24) is 5.32 Å². The van der Waals surface area contributed by atoms with Crippen LogP contribution in [0.5, 0.6) is 0 Å². The lowest BCUT2D eigenvalue weighted by Crippen LogP contribution is -2.37. The van der Waals surface area contributed by atoms with E-state index in [4.69, 9.17) is 23.2 Å². The van der Waals surface area contributed by atoms with Crippen LogP contribution in [0.15, 0.2) is 18.2 Å². The summed E-state index contributed by atoms with van der Waals surface area (Å²) in [6, 6.07) is 5.68. The summed E-state index contributed by atoms with van der Waals surface area (Å²) in [6.45, 7) is 0. The van der Waals surface area contributed by atoms with Crippen LogP contribution in [-0.4, -0.2) is 11.9 Å². The monoisotopic (exact) mass is 285 g/mol. The van der Waals surface area contributed by atoms with Crippen LogP contribution in [0.25, 0.3) is 0 Å². The van der Waals surface area contributed by atoms with E-state index in [0.29, 0.717) is 22.5 Å². The highest BCUT2D eigenvalue weighted by Crippen LogP contribution is 2.23. The second kappa shape index (κ2) is 6.44.